The van der Waals surface area contributed by atoms with Crippen LogP contribution in [-0.2, 0) is 0 Å². The minimum Gasteiger partial charge on any atom is -0.505 e. The number of nitrogens with one attached hydrogen (secondary N) is 2. The number of halogens is 1. The molecule has 7 nitrogen and oxygen atoms in total. The number of hydrogen-bond acceptors (Lipinski definition) is 7. The Bertz CT molecular complexity index is 873. The molecule has 0 saturated carbocycles. The van der Waals surface area contributed by atoms with Crippen LogP contribution in [0.5, 0.6) is 5.75 Å². The monoisotopic (exact) mass is 400 g/mol. The minimum absolute atomic E-state index is 0.00838. The third kappa shape index (κ3) is 4.37. The Kier molecular flexibility index (Phi) is 6.38. The molecule has 1 aromatic rings. The molecule has 4 rings (SSSR count). The summed E-state index contributed by atoms with van der Waals surface area (Å²) in [5.74, 6) is 0.722. The number of pyridine rings is 1. The first-order valence-electron chi connectivity index (χ1n) is 9.08. The van der Waals surface area contributed by atoms with E-state index in [1.807, 2.05) is 19.3 Å². The van der Waals surface area contributed by atoms with Gasteiger partial charge >= 0.3 is 0 Å². The fraction of sp³-hybridized carbons (Fsp3) is 0.300. The maximum Gasteiger partial charge on any atom is 0.173 e. The van der Waals surface area contributed by atoms with Crippen LogP contribution in [-0.4, -0.2) is 48.5 Å². The highest BCUT2D eigenvalue weighted by molar-refractivity contribution is 6.30. The average Bonchev–Trinajstić information content (AvgIpc) is 3.20. The fourth-order valence-corrected chi connectivity index (χ4v) is 3.37. The molecule has 0 radical (unpaired) electrons. The van der Waals surface area contributed by atoms with E-state index in [1.165, 1.54) is 11.3 Å². The van der Waals surface area contributed by atoms with Gasteiger partial charge in [0.05, 0.1) is 17.9 Å². The lowest BCUT2D eigenvalue weighted by Crippen LogP contribution is -2.34. The van der Waals surface area contributed by atoms with Gasteiger partial charge in [-0.2, -0.15) is 0 Å². The van der Waals surface area contributed by atoms with Crippen LogP contribution in [0.15, 0.2) is 64.2 Å². The molecule has 0 atom stereocenters. The van der Waals surface area contributed by atoms with Crippen LogP contribution in [0.25, 0.3) is 0 Å². The molecule has 3 aliphatic rings. The van der Waals surface area contributed by atoms with Crippen molar-refractivity contribution in [3.63, 3.8) is 0 Å². The van der Waals surface area contributed by atoms with Gasteiger partial charge in [0.1, 0.15) is 5.82 Å². The molecule has 4 heterocycles. The summed E-state index contributed by atoms with van der Waals surface area (Å²) in [5.41, 5.74) is 7.84. The number of aliphatic imine (C=N–C) groups is 1. The summed E-state index contributed by atoms with van der Waals surface area (Å²) in [4.78, 5) is 10.2. The van der Waals surface area contributed by atoms with E-state index >= 15 is 0 Å². The van der Waals surface area contributed by atoms with Crippen LogP contribution in [0, 0.1) is 0 Å². The van der Waals surface area contributed by atoms with Gasteiger partial charge in [-0.3, -0.25) is 10.0 Å². The number of fused-ring (bicyclic) bond motifs is 1. The Morgan fingerprint density at radius 3 is 2.89 bits per heavy atom. The van der Waals surface area contributed by atoms with E-state index in [0.717, 1.165) is 36.7 Å². The molecule has 0 amide bonds. The third-order valence-electron chi connectivity index (χ3n) is 4.75. The quantitative estimate of drug-likeness (QED) is 0.535. The molecule has 8 heteroatoms. The summed E-state index contributed by atoms with van der Waals surface area (Å²) < 4.78 is 0. The van der Waals surface area contributed by atoms with Gasteiger partial charge in [0, 0.05) is 38.5 Å². The molecule has 1 aromatic heterocycles. The Labute approximate surface area is 170 Å². The summed E-state index contributed by atoms with van der Waals surface area (Å²) in [5, 5.41) is 14.7. The summed E-state index contributed by atoms with van der Waals surface area (Å²) in [6, 6.07) is 3.29. The highest BCUT2D eigenvalue weighted by Gasteiger charge is 2.19. The first kappa shape index (κ1) is 20.0. The Balaban J connectivity index is 0.000000188. The van der Waals surface area contributed by atoms with E-state index in [-0.39, 0.29) is 10.9 Å². The minimum atomic E-state index is -0.00838. The first-order valence-corrected chi connectivity index (χ1v) is 9.46. The van der Waals surface area contributed by atoms with E-state index < -0.39 is 0 Å². The zero-order chi connectivity index (χ0) is 20.1. The molecule has 0 fully saturated rings. The van der Waals surface area contributed by atoms with Crippen molar-refractivity contribution in [2.24, 2.45) is 4.99 Å². The predicted molar refractivity (Wildman–Crippen MR) is 114 cm³/mol. The molecule has 0 unspecified atom stereocenters. The number of anilines is 1. The molecule has 0 spiro atoms. The van der Waals surface area contributed by atoms with Crippen molar-refractivity contribution in [2.75, 3.05) is 31.6 Å². The van der Waals surface area contributed by atoms with Crippen LogP contribution >= 0.6 is 11.6 Å². The molecular formula is C20H25ClN6O. The van der Waals surface area contributed by atoms with Gasteiger partial charge in [0.25, 0.3) is 0 Å². The van der Waals surface area contributed by atoms with Gasteiger partial charge in [-0.15, -0.1) is 0 Å². The van der Waals surface area contributed by atoms with Crippen LogP contribution in [0.1, 0.15) is 13.3 Å². The second-order valence-corrected chi connectivity index (χ2v) is 6.86. The third-order valence-corrected chi connectivity index (χ3v) is 5.03. The van der Waals surface area contributed by atoms with Crippen LogP contribution in [0.4, 0.5) is 5.82 Å². The van der Waals surface area contributed by atoms with Crippen molar-refractivity contribution in [1.29, 1.82) is 0 Å². The second-order valence-electron chi connectivity index (χ2n) is 6.50. The molecule has 0 aromatic carbocycles. The highest BCUT2D eigenvalue weighted by Crippen LogP contribution is 2.27. The highest BCUT2D eigenvalue weighted by atomic mass is 35.5. The van der Waals surface area contributed by atoms with Crippen molar-refractivity contribution in [1.82, 2.24) is 20.7 Å². The SMILES string of the molecule is C=NC1=C(NC)CCN(c2ccc(O)c(Cl)n2)C1.CC1=CC=CN2NCC=C12. The van der Waals surface area contributed by atoms with Gasteiger partial charge in [-0.25, -0.2) is 10.4 Å². The van der Waals surface area contributed by atoms with Gasteiger partial charge in [-0.1, -0.05) is 17.7 Å². The van der Waals surface area contributed by atoms with Crippen molar-refractivity contribution >= 4 is 24.1 Å². The van der Waals surface area contributed by atoms with Gasteiger partial charge in [0.15, 0.2) is 10.9 Å². The Morgan fingerprint density at radius 2 is 2.21 bits per heavy atom. The molecule has 3 aliphatic heterocycles. The van der Waals surface area contributed by atoms with Gasteiger partial charge in [0.2, 0.25) is 0 Å². The molecule has 148 valence electrons. The number of aromatic nitrogens is 1. The largest absolute Gasteiger partial charge is 0.505 e. The zero-order valence-corrected chi connectivity index (χ0v) is 16.9. The smallest absolute Gasteiger partial charge is 0.173 e. The average molecular weight is 401 g/mol. The Morgan fingerprint density at radius 1 is 1.39 bits per heavy atom. The van der Waals surface area contributed by atoms with E-state index in [9.17, 15) is 5.11 Å². The van der Waals surface area contributed by atoms with Crippen molar-refractivity contribution in [2.45, 2.75) is 13.3 Å². The van der Waals surface area contributed by atoms with E-state index in [4.69, 9.17) is 11.6 Å². The summed E-state index contributed by atoms with van der Waals surface area (Å²) in [7, 11) is 1.88. The van der Waals surface area contributed by atoms with Gasteiger partial charge < -0.3 is 15.3 Å². The summed E-state index contributed by atoms with van der Waals surface area (Å²) >= 11 is 5.81. The topological polar surface area (TPSA) is 76.0 Å². The molecule has 0 aliphatic carbocycles. The number of rotatable bonds is 3. The lowest BCUT2D eigenvalue weighted by Gasteiger charge is -2.30. The van der Waals surface area contributed by atoms with E-state index in [1.54, 1.807) is 12.1 Å². The number of allylic oxidation sites excluding steroid dienone is 3. The Hall–Kier alpha value is -2.77. The zero-order valence-electron chi connectivity index (χ0n) is 16.1. The molecule has 0 bridgehead atoms. The normalized spacial score (nSPS) is 18.1. The number of aromatic hydroxyl groups is 1. The second kappa shape index (κ2) is 8.95. The maximum absolute atomic E-state index is 9.36. The predicted octanol–water partition coefficient (Wildman–Crippen LogP) is 2.95. The molecular weight excluding hydrogens is 376 g/mol. The van der Waals surface area contributed by atoms with Crippen molar-refractivity contribution < 1.29 is 5.11 Å². The van der Waals surface area contributed by atoms with Gasteiger partial charge in [-0.05, 0) is 43.5 Å². The lowest BCUT2D eigenvalue weighted by atomic mass is 10.1. The van der Waals surface area contributed by atoms with Crippen molar-refractivity contribution in [3.8, 4) is 5.75 Å². The lowest BCUT2D eigenvalue weighted by molar-refractivity contribution is 0.390. The summed E-state index contributed by atoms with van der Waals surface area (Å²) in [6.07, 6.45) is 9.24. The van der Waals surface area contributed by atoms with Crippen molar-refractivity contribution in [3.05, 3.63) is 64.4 Å². The summed E-state index contributed by atoms with van der Waals surface area (Å²) in [6.45, 7) is 8.11. The number of nitrogens with zero attached hydrogens (tertiary/aromatic N) is 4. The number of hydrazine groups is 1. The van der Waals surface area contributed by atoms with Crippen LogP contribution in [0.2, 0.25) is 5.15 Å². The standard InChI is InChI=1S/C12H15ClN4O.C8H10N2/c1-14-8-5-6-17(7-9(8)15-2)11-4-3-10(18)12(13)16-11;1-7-3-2-6-10-8(7)4-5-9-10/h3-4,14,18H,2,5-7H2,1H3;2-4,6,9H,5H2,1H3. The fourth-order valence-electron chi connectivity index (χ4n) is 3.22. The van der Waals surface area contributed by atoms with E-state index in [0.29, 0.717) is 6.54 Å². The van der Waals surface area contributed by atoms with Crippen LogP contribution < -0.4 is 15.6 Å². The molecule has 28 heavy (non-hydrogen) atoms. The maximum atomic E-state index is 9.36. The molecule has 3 N–H and O–H groups in total. The number of hydrogen-bond donors (Lipinski definition) is 3. The molecule has 0 saturated heterocycles. The van der Waals surface area contributed by atoms with Crippen LogP contribution in [0.3, 0.4) is 0 Å². The first-order chi connectivity index (χ1) is 13.5. The van der Waals surface area contributed by atoms with E-state index in [2.05, 4.69) is 56.4 Å².